The summed E-state index contributed by atoms with van der Waals surface area (Å²) in [7, 11) is 0. The summed E-state index contributed by atoms with van der Waals surface area (Å²) in [6.45, 7) is 0. The van der Waals surface area contributed by atoms with Crippen LogP contribution in [0, 0.1) is 5.92 Å². The van der Waals surface area contributed by atoms with Gasteiger partial charge in [0.05, 0.1) is 10.6 Å². The van der Waals surface area contributed by atoms with Gasteiger partial charge in [0.15, 0.2) is 0 Å². The summed E-state index contributed by atoms with van der Waals surface area (Å²) in [6.07, 6.45) is 0.831. The van der Waals surface area contributed by atoms with Crippen molar-refractivity contribution < 1.29 is 18.0 Å². The second kappa shape index (κ2) is 5.85. The number of primary amides is 1. The Labute approximate surface area is 136 Å². The highest BCUT2D eigenvalue weighted by atomic mass is 35.5. The van der Waals surface area contributed by atoms with Gasteiger partial charge in [0, 0.05) is 12.2 Å². The largest absolute Gasteiger partial charge is 0.417 e. The summed E-state index contributed by atoms with van der Waals surface area (Å²) in [5.41, 5.74) is 4.60. The standard InChI is InChI=1S/C15H17ClF3N3O/c16-10-6-9(15(17,18)19)7-21-14(10)22-11-4-2-1-3-8(11)5-12(22)13(20)23/h6-8,11-12H,1-5H2,(H2,20,23)/t8-,11+,12+/m1/s1. The van der Waals surface area contributed by atoms with Crippen LogP contribution in [-0.2, 0) is 11.0 Å². The Morgan fingerprint density at radius 2 is 2.04 bits per heavy atom. The van der Waals surface area contributed by atoms with Gasteiger partial charge in [-0.3, -0.25) is 4.79 Å². The number of nitrogens with zero attached hydrogens (tertiary/aromatic N) is 2. The van der Waals surface area contributed by atoms with Crippen molar-refractivity contribution in [1.29, 1.82) is 0 Å². The summed E-state index contributed by atoms with van der Waals surface area (Å²) >= 11 is 6.06. The highest BCUT2D eigenvalue weighted by molar-refractivity contribution is 6.33. The molecule has 2 aliphatic rings. The van der Waals surface area contributed by atoms with Crippen LogP contribution < -0.4 is 10.6 Å². The van der Waals surface area contributed by atoms with Crippen LogP contribution in [-0.4, -0.2) is 23.0 Å². The van der Waals surface area contributed by atoms with Crippen LogP contribution in [0.5, 0.6) is 0 Å². The van der Waals surface area contributed by atoms with Crippen molar-refractivity contribution in [2.75, 3.05) is 4.90 Å². The average Bonchev–Trinajstić information content (AvgIpc) is 2.86. The van der Waals surface area contributed by atoms with Crippen molar-refractivity contribution in [1.82, 2.24) is 4.98 Å². The summed E-state index contributed by atoms with van der Waals surface area (Å²) in [4.78, 5) is 17.5. The first-order chi connectivity index (χ1) is 10.8. The molecule has 0 unspecified atom stereocenters. The van der Waals surface area contributed by atoms with E-state index in [0.717, 1.165) is 37.9 Å². The first-order valence-electron chi connectivity index (χ1n) is 7.59. The van der Waals surface area contributed by atoms with Gasteiger partial charge in [-0.15, -0.1) is 0 Å². The van der Waals surface area contributed by atoms with Gasteiger partial charge in [-0.1, -0.05) is 24.4 Å². The molecule has 1 saturated carbocycles. The molecule has 1 saturated heterocycles. The minimum Gasteiger partial charge on any atom is -0.368 e. The number of amides is 1. The molecule has 0 aromatic carbocycles. The van der Waals surface area contributed by atoms with Gasteiger partial charge in [0.25, 0.3) is 0 Å². The third kappa shape index (κ3) is 2.98. The fourth-order valence-electron chi connectivity index (χ4n) is 3.79. The molecule has 1 amide bonds. The molecule has 1 aliphatic heterocycles. The van der Waals surface area contributed by atoms with Gasteiger partial charge in [-0.25, -0.2) is 4.98 Å². The van der Waals surface area contributed by atoms with Crippen LogP contribution in [0.4, 0.5) is 19.0 Å². The van der Waals surface area contributed by atoms with Crippen molar-refractivity contribution >= 4 is 23.3 Å². The number of carbonyl (C=O) groups excluding carboxylic acids is 1. The zero-order valence-corrected chi connectivity index (χ0v) is 13.1. The average molecular weight is 348 g/mol. The Bertz CT molecular complexity index is 622. The number of nitrogens with two attached hydrogens (primary N) is 1. The summed E-state index contributed by atoms with van der Waals surface area (Å²) in [5.74, 6) is 0.0384. The lowest BCUT2D eigenvalue weighted by atomic mass is 9.84. The predicted octanol–water partition coefficient (Wildman–Crippen LogP) is 3.38. The van der Waals surface area contributed by atoms with E-state index in [9.17, 15) is 18.0 Å². The van der Waals surface area contributed by atoms with Gasteiger partial charge in [-0.05, 0) is 31.2 Å². The molecule has 3 atom stereocenters. The Morgan fingerprint density at radius 3 is 2.65 bits per heavy atom. The van der Waals surface area contributed by atoms with Gasteiger partial charge < -0.3 is 10.6 Å². The van der Waals surface area contributed by atoms with E-state index in [1.807, 2.05) is 0 Å². The lowest BCUT2D eigenvalue weighted by molar-refractivity contribution is -0.137. The van der Waals surface area contributed by atoms with E-state index in [2.05, 4.69) is 4.98 Å². The van der Waals surface area contributed by atoms with E-state index in [4.69, 9.17) is 17.3 Å². The number of fused-ring (bicyclic) bond motifs is 1. The SMILES string of the molecule is NC(=O)[C@@H]1C[C@H]2CCCC[C@@H]2N1c1ncc(C(F)(F)F)cc1Cl. The number of alkyl halides is 3. The molecule has 0 spiro atoms. The van der Waals surface area contributed by atoms with Crippen molar-refractivity contribution in [3.05, 3.63) is 22.8 Å². The highest BCUT2D eigenvalue weighted by Gasteiger charge is 2.46. The molecule has 3 rings (SSSR count). The Hall–Kier alpha value is -1.50. The zero-order valence-electron chi connectivity index (χ0n) is 12.3. The second-order valence-corrected chi connectivity index (χ2v) is 6.61. The second-order valence-electron chi connectivity index (χ2n) is 6.20. The summed E-state index contributed by atoms with van der Waals surface area (Å²) in [6, 6.07) is 0.353. The molecular weight excluding hydrogens is 331 g/mol. The Morgan fingerprint density at radius 1 is 1.35 bits per heavy atom. The number of carbonyl (C=O) groups is 1. The number of halogens is 4. The smallest absolute Gasteiger partial charge is 0.368 e. The molecule has 0 radical (unpaired) electrons. The monoisotopic (exact) mass is 347 g/mol. The van der Waals surface area contributed by atoms with Crippen molar-refractivity contribution in [3.63, 3.8) is 0 Å². The predicted molar refractivity (Wildman–Crippen MR) is 80.1 cm³/mol. The first kappa shape index (κ1) is 16.4. The number of hydrogen-bond acceptors (Lipinski definition) is 3. The van der Waals surface area contributed by atoms with Crippen molar-refractivity contribution in [2.24, 2.45) is 11.7 Å². The first-order valence-corrected chi connectivity index (χ1v) is 7.97. The maximum Gasteiger partial charge on any atom is 0.417 e. The topological polar surface area (TPSA) is 59.2 Å². The third-order valence-corrected chi connectivity index (χ3v) is 5.09. The van der Waals surface area contributed by atoms with Gasteiger partial charge in [0.1, 0.15) is 11.9 Å². The van der Waals surface area contributed by atoms with E-state index in [1.54, 1.807) is 4.90 Å². The quantitative estimate of drug-likeness (QED) is 0.892. The Balaban J connectivity index is 1.99. The highest BCUT2D eigenvalue weighted by Crippen LogP contribution is 2.44. The normalized spacial score (nSPS) is 27.8. The summed E-state index contributed by atoms with van der Waals surface area (Å²) < 4.78 is 38.3. The van der Waals surface area contributed by atoms with E-state index in [1.165, 1.54) is 0 Å². The van der Waals surface area contributed by atoms with Crippen LogP contribution in [0.25, 0.3) is 0 Å². The van der Waals surface area contributed by atoms with Crippen LogP contribution in [0.15, 0.2) is 12.3 Å². The van der Waals surface area contributed by atoms with Crippen molar-refractivity contribution in [2.45, 2.75) is 50.4 Å². The number of hydrogen-bond donors (Lipinski definition) is 1. The zero-order chi connectivity index (χ0) is 16.8. The Kier molecular flexibility index (Phi) is 4.16. The van der Waals surface area contributed by atoms with E-state index < -0.39 is 23.7 Å². The molecule has 2 N–H and O–H groups in total. The maximum atomic E-state index is 12.8. The van der Waals surface area contributed by atoms with E-state index in [-0.39, 0.29) is 16.9 Å². The molecule has 4 nitrogen and oxygen atoms in total. The molecule has 1 aromatic heterocycles. The summed E-state index contributed by atoms with van der Waals surface area (Å²) in [5, 5.41) is -0.0997. The van der Waals surface area contributed by atoms with Crippen LogP contribution in [0.3, 0.4) is 0 Å². The van der Waals surface area contributed by atoms with Gasteiger partial charge in [-0.2, -0.15) is 13.2 Å². The van der Waals surface area contributed by atoms with E-state index >= 15 is 0 Å². The maximum absolute atomic E-state index is 12.8. The number of aromatic nitrogens is 1. The van der Waals surface area contributed by atoms with E-state index in [0.29, 0.717) is 12.3 Å². The van der Waals surface area contributed by atoms with Crippen molar-refractivity contribution in [3.8, 4) is 0 Å². The number of rotatable bonds is 2. The molecule has 1 aromatic rings. The van der Waals surface area contributed by atoms with Crippen LogP contribution >= 0.6 is 11.6 Å². The number of pyridine rings is 1. The molecule has 0 bridgehead atoms. The van der Waals surface area contributed by atoms with Crippen LogP contribution in [0.2, 0.25) is 5.02 Å². The van der Waals surface area contributed by atoms with Gasteiger partial charge >= 0.3 is 6.18 Å². The lowest BCUT2D eigenvalue weighted by Crippen LogP contribution is -2.45. The van der Waals surface area contributed by atoms with Crippen LogP contribution in [0.1, 0.15) is 37.7 Å². The minimum atomic E-state index is -4.50. The fourth-order valence-corrected chi connectivity index (χ4v) is 4.06. The third-order valence-electron chi connectivity index (χ3n) is 4.81. The molecule has 1 aliphatic carbocycles. The molecule has 2 heterocycles. The molecule has 23 heavy (non-hydrogen) atoms. The van der Waals surface area contributed by atoms with Gasteiger partial charge in [0.2, 0.25) is 5.91 Å². The number of anilines is 1. The lowest BCUT2D eigenvalue weighted by Gasteiger charge is -2.34. The molecule has 2 fully saturated rings. The molecular formula is C15H17ClF3N3O. The fraction of sp³-hybridized carbons (Fsp3) is 0.600. The minimum absolute atomic E-state index is 0.0583. The molecule has 126 valence electrons. The molecule has 8 heteroatoms.